The van der Waals surface area contributed by atoms with E-state index >= 15 is 0 Å². The molecule has 1 aromatic rings. The van der Waals surface area contributed by atoms with Crippen molar-refractivity contribution in [3.63, 3.8) is 0 Å². The molecular formula is C13H15Cl3N2O. The molecule has 0 aromatic heterocycles. The average Bonchev–Trinajstić information content (AvgIpc) is 2.36. The maximum Gasteiger partial charge on any atom is 0.241 e. The summed E-state index contributed by atoms with van der Waals surface area (Å²) in [6.07, 6.45) is 1.92. The highest BCUT2D eigenvalue weighted by atomic mass is 35.5. The fraction of sp³-hybridized carbons (Fsp3) is 0.462. The first-order chi connectivity index (χ1) is 8.97. The minimum Gasteiger partial charge on any atom is -0.323 e. The van der Waals surface area contributed by atoms with Gasteiger partial charge in [-0.05, 0) is 37.4 Å². The number of anilines is 1. The van der Waals surface area contributed by atoms with Crippen LogP contribution in [0.1, 0.15) is 19.8 Å². The molecule has 2 unspecified atom stereocenters. The van der Waals surface area contributed by atoms with E-state index in [9.17, 15) is 4.79 Å². The average molecular weight is 322 g/mol. The predicted octanol–water partition coefficient (Wildman–Crippen LogP) is 3.97. The third-order valence-corrected chi connectivity index (χ3v) is 4.29. The topological polar surface area (TPSA) is 41.1 Å². The molecular weight excluding hydrogens is 307 g/mol. The number of carbonyl (C=O) groups is 1. The summed E-state index contributed by atoms with van der Waals surface area (Å²) in [6, 6.07) is 2.91. The van der Waals surface area contributed by atoms with Crippen LogP contribution in [0.2, 0.25) is 15.1 Å². The number of benzene rings is 1. The number of hydrogen-bond acceptors (Lipinski definition) is 2. The fourth-order valence-electron chi connectivity index (χ4n) is 2.15. The van der Waals surface area contributed by atoms with Crippen molar-refractivity contribution in [2.75, 3.05) is 11.9 Å². The smallest absolute Gasteiger partial charge is 0.241 e. The minimum atomic E-state index is -0.186. The van der Waals surface area contributed by atoms with E-state index in [2.05, 4.69) is 17.6 Å². The highest BCUT2D eigenvalue weighted by Gasteiger charge is 2.25. The number of amides is 1. The van der Waals surface area contributed by atoms with Crippen molar-refractivity contribution in [2.24, 2.45) is 5.92 Å². The molecule has 104 valence electrons. The largest absolute Gasteiger partial charge is 0.323 e. The highest BCUT2D eigenvalue weighted by molar-refractivity contribution is 6.44. The van der Waals surface area contributed by atoms with Gasteiger partial charge in [-0.1, -0.05) is 41.7 Å². The normalized spacial score (nSPS) is 23.2. The lowest BCUT2D eigenvalue weighted by Crippen LogP contribution is -2.45. The fourth-order valence-corrected chi connectivity index (χ4v) is 2.74. The second kappa shape index (κ2) is 6.31. The third kappa shape index (κ3) is 3.76. The van der Waals surface area contributed by atoms with Gasteiger partial charge in [0.05, 0.1) is 26.8 Å². The zero-order valence-electron chi connectivity index (χ0n) is 10.5. The van der Waals surface area contributed by atoms with Crippen LogP contribution in [0.5, 0.6) is 0 Å². The van der Waals surface area contributed by atoms with Gasteiger partial charge in [0, 0.05) is 0 Å². The van der Waals surface area contributed by atoms with E-state index in [1.165, 1.54) is 6.07 Å². The van der Waals surface area contributed by atoms with Gasteiger partial charge in [-0.15, -0.1) is 0 Å². The van der Waals surface area contributed by atoms with E-state index in [0.29, 0.717) is 26.7 Å². The minimum absolute atomic E-state index is 0.0909. The van der Waals surface area contributed by atoms with Crippen LogP contribution in [0.25, 0.3) is 0 Å². The second-order valence-corrected chi connectivity index (χ2v) is 6.09. The van der Waals surface area contributed by atoms with Gasteiger partial charge in [0.25, 0.3) is 0 Å². The van der Waals surface area contributed by atoms with Crippen molar-refractivity contribution in [1.82, 2.24) is 5.32 Å². The Morgan fingerprint density at radius 2 is 1.95 bits per heavy atom. The van der Waals surface area contributed by atoms with Crippen molar-refractivity contribution in [1.29, 1.82) is 0 Å². The number of piperidine rings is 1. The Hall–Kier alpha value is -0.480. The van der Waals surface area contributed by atoms with E-state index in [0.717, 1.165) is 19.4 Å². The Morgan fingerprint density at radius 1 is 1.26 bits per heavy atom. The van der Waals surface area contributed by atoms with Crippen molar-refractivity contribution in [3.05, 3.63) is 27.2 Å². The van der Waals surface area contributed by atoms with E-state index < -0.39 is 0 Å². The molecule has 1 fully saturated rings. The number of hydrogen-bond donors (Lipinski definition) is 2. The molecule has 1 saturated heterocycles. The summed E-state index contributed by atoms with van der Waals surface area (Å²) in [4.78, 5) is 12.2. The predicted molar refractivity (Wildman–Crippen MR) is 80.3 cm³/mol. The molecule has 0 spiro atoms. The Kier molecular flexibility index (Phi) is 4.96. The maximum atomic E-state index is 12.2. The van der Waals surface area contributed by atoms with Crippen LogP contribution in [0.15, 0.2) is 12.1 Å². The molecule has 2 N–H and O–H groups in total. The van der Waals surface area contributed by atoms with Crippen LogP contribution in [0.3, 0.4) is 0 Å². The standard InChI is InChI=1S/C13H15Cl3N2O/c1-7-2-3-17-12(4-7)13(19)18-11-6-9(15)8(14)5-10(11)16/h5-7,12,17H,2-4H2,1H3,(H,18,19). The zero-order valence-corrected chi connectivity index (χ0v) is 12.7. The molecule has 2 atom stereocenters. The number of carbonyl (C=O) groups excluding carboxylic acids is 1. The first-order valence-electron chi connectivity index (χ1n) is 6.16. The highest BCUT2D eigenvalue weighted by Crippen LogP contribution is 2.32. The molecule has 1 heterocycles. The summed E-state index contributed by atoms with van der Waals surface area (Å²) in [5.41, 5.74) is 0.487. The maximum absolute atomic E-state index is 12.2. The van der Waals surface area contributed by atoms with Crippen LogP contribution in [-0.2, 0) is 4.79 Å². The molecule has 6 heteroatoms. The van der Waals surface area contributed by atoms with Crippen LogP contribution < -0.4 is 10.6 Å². The van der Waals surface area contributed by atoms with Gasteiger partial charge in [0.2, 0.25) is 5.91 Å². The van der Waals surface area contributed by atoms with Gasteiger partial charge < -0.3 is 10.6 Å². The number of halogens is 3. The Balaban J connectivity index is 2.08. The third-order valence-electron chi connectivity index (χ3n) is 3.25. The summed E-state index contributed by atoms with van der Waals surface area (Å²) >= 11 is 17.8. The first kappa shape index (κ1) is 14.9. The van der Waals surface area contributed by atoms with Gasteiger partial charge in [-0.2, -0.15) is 0 Å². The van der Waals surface area contributed by atoms with Gasteiger partial charge in [0.15, 0.2) is 0 Å². The molecule has 19 heavy (non-hydrogen) atoms. The Morgan fingerprint density at radius 3 is 2.63 bits per heavy atom. The van der Waals surface area contributed by atoms with Crippen molar-refractivity contribution in [3.8, 4) is 0 Å². The molecule has 3 nitrogen and oxygen atoms in total. The van der Waals surface area contributed by atoms with Gasteiger partial charge >= 0.3 is 0 Å². The van der Waals surface area contributed by atoms with E-state index in [1.54, 1.807) is 6.07 Å². The monoisotopic (exact) mass is 320 g/mol. The lowest BCUT2D eigenvalue weighted by molar-refractivity contribution is -0.119. The summed E-state index contributed by atoms with van der Waals surface area (Å²) in [7, 11) is 0. The van der Waals surface area contributed by atoms with Crippen molar-refractivity contribution < 1.29 is 4.79 Å². The van der Waals surface area contributed by atoms with Crippen molar-refractivity contribution in [2.45, 2.75) is 25.8 Å². The summed E-state index contributed by atoms with van der Waals surface area (Å²) in [5.74, 6) is 0.452. The van der Waals surface area contributed by atoms with Crippen LogP contribution in [0, 0.1) is 5.92 Å². The van der Waals surface area contributed by atoms with Gasteiger partial charge in [-0.3, -0.25) is 4.79 Å². The van der Waals surface area contributed by atoms with Crippen LogP contribution in [-0.4, -0.2) is 18.5 Å². The molecule has 0 aliphatic carbocycles. The van der Waals surface area contributed by atoms with E-state index in [1.807, 2.05) is 0 Å². The number of rotatable bonds is 2. The SMILES string of the molecule is CC1CCNC(C(=O)Nc2cc(Cl)c(Cl)cc2Cl)C1. The first-order valence-corrected chi connectivity index (χ1v) is 7.29. The summed E-state index contributed by atoms with van der Waals surface area (Å²) in [5, 5.41) is 7.11. The zero-order chi connectivity index (χ0) is 14.0. The van der Waals surface area contributed by atoms with E-state index in [4.69, 9.17) is 34.8 Å². The van der Waals surface area contributed by atoms with E-state index in [-0.39, 0.29) is 11.9 Å². The number of nitrogens with one attached hydrogen (secondary N) is 2. The molecule has 1 aliphatic heterocycles. The van der Waals surface area contributed by atoms with Crippen molar-refractivity contribution >= 4 is 46.4 Å². The summed E-state index contributed by atoms with van der Waals surface area (Å²) in [6.45, 7) is 3.00. The lowest BCUT2D eigenvalue weighted by Gasteiger charge is -2.27. The quantitative estimate of drug-likeness (QED) is 0.809. The molecule has 1 aliphatic rings. The molecule has 0 bridgehead atoms. The van der Waals surface area contributed by atoms with Gasteiger partial charge in [0.1, 0.15) is 0 Å². The molecule has 1 amide bonds. The Bertz CT molecular complexity index is 493. The molecule has 1 aromatic carbocycles. The Labute approximate surface area is 127 Å². The molecule has 0 radical (unpaired) electrons. The molecule has 2 rings (SSSR count). The lowest BCUT2D eigenvalue weighted by atomic mass is 9.94. The second-order valence-electron chi connectivity index (χ2n) is 4.87. The van der Waals surface area contributed by atoms with Gasteiger partial charge in [-0.25, -0.2) is 0 Å². The molecule has 0 saturated carbocycles. The van der Waals surface area contributed by atoms with Crippen LogP contribution >= 0.6 is 34.8 Å². The summed E-state index contributed by atoms with van der Waals surface area (Å²) < 4.78 is 0. The van der Waals surface area contributed by atoms with Crippen LogP contribution in [0.4, 0.5) is 5.69 Å².